The molecular formula is C23H21F3N4O2. The number of aromatic amines is 1. The molecule has 32 heavy (non-hydrogen) atoms. The number of likely N-dealkylation sites (tertiary alicyclic amines) is 1. The molecule has 2 aromatic heterocycles. The van der Waals surface area contributed by atoms with Crippen molar-refractivity contribution in [2.45, 2.75) is 25.4 Å². The van der Waals surface area contributed by atoms with Crippen LogP contribution in [0.5, 0.6) is 0 Å². The zero-order valence-electron chi connectivity index (χ0n) is 17.2. The third-order valence-electron chi connectivity index (χ3n) is 6.62. The highest BCUT2D eigenvalue weighted by Crippen LogP contribution is 2.43. The van der Waals surface area contributed by atoms with Gasteiger partial charge in [0.15, 0.2) is 0 Å². The van der Waals surface area contributed by atoms with Crippen LogP contribution in [-0.2, 0) is 11.0 Å². The first kappa shape index (κ1) is 20.5. The van der Waals surface area contributed by atoms with Crippen molar-refractivity contribution < 1.29 is 22.8 Å². The summed E-state index contributed by atoms with van der Waals surface area (Å²) in [4.78, 5) is 36.0. The van der Waals surface area contributed by atoms with Crippen molar-refractivity contribution in [2.24, 2.45) is 5.41 Å². The Morgan fingerprint density at radius 2 is 1.78 bits per heavy atom. The zero-order chi connectivity index (χ0) is 22.5. The minimum Gasteiger partial charge on any atom is -0.361 e. The van der Waals surface area contributed by atoms with Crippen LogP contribution in [0.2, 0.25) is 0 Å². The second-order valence-corrected chi connectivity index (χ2v) is 8.44. The predicted molar refractivity (Wildman–Crippen MR) is 112 cm³/mol. The molecule has 1 aromatic carbocycles. The Balaban J connectivity index is 1.29. The highest BCUT2D eigenvalue weighted by atomic mass is 19.4. The molecule has 2 aliphatic rings. The van der Waals surface area contributed by atoms with E-state index >= 15 is 0 Å². The maximum Gasteiger partial charge on any atom is 0.433 e. The number of benzene rings is 1. The smallest absolute Gasteiger partial charge is 0.361 e. The second-order valence-electron chi connectivity index (χ2n) is 8.44. The van der Waals surface area contributed by atoms with Gasteiger partial charge in [-0.15, -0.1) is 0 Å². The van der Waals surface area contributed by atoms with Crippen molar-refractivity contribution in [3.63, 3.8) is 0 Å². The van der Waals surface area contributed by atoms with Crippen LogP contribution in [0.1, 0.15) is 35.3 Å². The summed E-state index contributed by atoms with van der Waals surface area (Å²) in [6, 6.07) is 11.0. The minimum atomic E-state index is -4.56. The number of pyridine rings is 1. The third-order valence-corrected chi connectivity index (χ3v) is 6.62. The van der Waals surface area contributed by atoms with Gasteiger partial charge in [-0.25, -0.2) is 4.98 Å². The number of rotatable bonds is 2. The van der Waals surface area contributed by atoms with Crippen molar-refractivity contribution in [1.82, 2.24) is 14.9 Å². The molecule has 0 aliphatic carbocycles. The summed E-state index contributed by atoms with van der Waals surface area (Å²) in [5.41, 5.74) is -0.193. The number of H-pyrrole nitrogens is 1. The molecule has 9 heteroatoms. The molecule has 2 fully saturated rings. The Morgan fingerprint density at radius 3 is 2.53 bits per heavy atom. The highest BCUT2D eigenvalue weighted by Gasteiger charge is 2.49. The molecule has 0 saturated carbocycles. The van der Waals surface area contributed by atoms with Crippen molar-refractivity contribution in [3.05, 3.63) is 59.9 Å². The van der Waals surface area contributed by atoms with Crippen molar-refractivity contribution in [3.8, 4) is 0 Å². The molecule has 3 aromatic rings. The highest BCUT2D eigenvalue weighted by molar-refractivity contribution is 6.00. The first-order valence-corrected chi connectivity index (χ1v) is 10.5. The minimum absolute atomic E-state index is 0.0273. The van der Waals surface area contributed by atoms with E-state index < -0.39 is 17.3 Å². The number of anilines is 1. The van der Waals surface area contributed by atoms with Crippen LogP contribution in [0.4, 0.5) is 19.0 Å². The molecule has 0 unspecified atom stereocenters. The van der Waals surface area contributed by atoms with Gasteiger partial charge in [0.1, 0.15) is 11.5 Å². The Hall–Kier alpha value is -3.36. The van der Waals surface area contributed by atoms with Crippen LogP contribution in [0.3, 0.4) is 0 Å². The van der Waals surface area contributed by atoms with E-state index in [1.807, 2.05) is 24.4 Å². The number of nitrogens with zero attached hydrogens (tertiary/aromatic N) is 3. The van der Waals surface area contributed by atoms with Crippen molar-refractivity contribution in [2.75, 3.05) is 24.5 Å². The monoisotopic (exact) mass is 442 g/mol. The van der Waals surface area contributed by atoms with E-state index in [9.17, 15) is 22.8 Å². The SMILES string of the molecule is O=C(c1ccc2cc[nH]c2c1)N1CCC2(CC1)CCN(c1cccc(C(F)(F)F)n1)C2=O. The molecule has 0 bridgehead atoms. The number of halogens is 3. The van der Waals surface area contributed by atoms with Gasteiger partial charge in [-0.05, 0) is 55.0 Å². The Bertz CT molecular complexity index is 1200. The van der Waals surface area contributed by atoms with E-state index in [0.29, 0.717) is 44.5 Å². The van der Waals surface area contributed by atoms with Crippen molar-refractivity contribution in [1.29, 1.82) is 0 Å². The molecule has 2 saturated heterocycles. The lowest BCUT2D eigenvalue weighted by molar-refractivity contribution is -0.141. The fourth-order valence-electron chi connectivity index (χ4n) is 4.74. The number of amides is 2. The molecule has 2 amide bonds. The summed E-state index contributed by atoms with van der Waals surface area (Å²) in [6.07, 6.45) is -1.23. The van der Waals surface area contributed by atoms with Crippen LogP contribution < -0.4 is 4.90 Å². The topological polar surface area (TPSA) is 69.3 Å². The van der Waals surface area contributed by atoms with Gasteiger partial charge in [0.25, 0.3) is 5.91 Å². The van der Waals surface area contributed by atoms with Crippen LogP contribution in [-0.4, -0.2) is 46.3 Å². The number of hydrogen-bond acceptors (Lipinski definition) is 3. The normalized spacial score (nSPS) is 18.7. The second kappa shape index (κ2) is 7.36. The fourth-order valence-corrected chi connectivity index (χ4v) is 4.74. The first-order chi connectivity index (χ1) is 15.3. The molecule has 0 radical (unpaired) electrons. The van der Waals surface area contributed by atoms with Crippen LogP contribution in [0, 0.1) is 5.41 Å². The van der Waals surface area contributed by atoms with Gasteiger partial charge in [0, 0.05) is 36.9 Å². The summed E-state index contributed by atoms with van der Waals surface area (Å²) in [7, 11) is 0. The molecule has 6 nitrogen and oxygen atoms in total. The van der Waals surface area contributed by atoms with Gasteiger partial charge in [0.05, 0.1) is 5.41 Å². The number of carbonyl (C=O) groups excluding carboxylic acids is 2. The molecule has 0 atom stereocenters. The van der Waals surface area contributed by atoms with Crippen molar-refractivity contribution >= 4 is 28.5 Å². The number of fused-ring (bicyclic) bond motifs is 1. The van der Waals surface area contributed by atoms with Gasteiger partial charge < -0.3 is 9.88 Å². The van der Waals surface area contributed by atoms with E-state index in [0.717, 1.165) is 17.0 Å². The van der Waals surface area contributed by atoms with Crippen LogP contribution in [0.25, 0.3) is 10.9 Å². The van der Waals surface area contributed by atoms with E-state index in [4.69, 9.17) is 0 Å². The molecule has 5 rings (SSSR count). The van der Waals surface area contributed by atoms with Gasteiger partial charge >= 0.3 is 6.18 Å². The van der Waals surface area contributed by atoms with Gasteiger partial charge in [-0.1, -0.05) is 12.1 Å². The lowest BCUT2D eigenvalue weighted by Crippen LogP contribution is -2.46. The molecule has 1 spiro atoms. The lowest BCUT2D eigenvalue weighted by Gasteiger charge is -2.38. The zero-order valence-corrected chi connectivity index (χ0v) is 17.2. The summed E-state index contributed by atoms with van der Waals surface area (Å²) >= 11 is 0. The number of piperidine rings is 1. The Labute approximate surface area is 182 Å². The molecule has 4 heterocycles. The Kier molecular flexibility index (Phi) is 4.72. The van der Waals surface area contributed by atoms with Crippen LogP contribution >= 0.6 is 0 Å². The van der Waals surface area contributed by atoms with Gasteiger partial charge in [-0.2, -0.15) is 13.2 Å². The van der Waals surface area contributed by atoms with E-state index in [1.54, 1.807) is 11.0 Å². The lowest BCUT2D eigenvalue weighted by atomic mass is 9.77. The molecular weight excluding hydrogens is 421 g/mol. The van der Waals surface area contributed by atoms with E-state index in [1.165, 1.54) is 17.0 Å². The largest absolute Gasteiger partial charge is 0.433 e. The Morgan fingerprint density at radius 1 is 1.03 bits per heavy atom. The third kappa shape index (κ3) is 3.41. The summed E-state index contributed by atoms with van der Waals surface area (Å²) in [5, 5.41) is 1.03. The number of alkyl halides is 3. The van der Waals surface area contributed by atoms with Gasteiger partial charge in [-0.3, -0.25) is 14.5 Å². The first-order valence-electron chi connectivity index (χ1n) is 10.5. The maximum absolute atomic E-state index is 13.2. The van der Waals surface area contributed by atoms with E-state index in [-0.39, 0.29) is 17.6 Å². The molecule has 166 valence electrons. The number of carbonyl (C=O) groups is 2. The van der Waals surface area contributed by atoms with Crippen LogP contribution in [0.15, 0.2) is 48.7 Å². The number of hydrogen-bond donors (Lipinski definition) is 1. The van der Waals surface area contributed by atoms with Gasteiger partial charge in [0.2, 0.25) is 5.91 Å². The summed E-state index contributed by atoms with van der Waals surface area (Å²) in [6.45, 7) is 1.18. The average Bonchev–Trinajstić information content (AvgIpc) is 3.38. The standard InChI is InChI=1S/C23H21F3N4O2/c24-23(25,26)18-2-1-3-19(28-18)30-13-9-22(21(30)32)7-11-29(12-8-22)20(31)16-5-4-15-6-10-27-17(15)14-16/h1-6,10,14,27H,7-9,11-13H2. The molecule has 2 aliphatic heterocycles. The summed E-state index contributed by atoms with van der Waals surface area (Å²) in [5.74, 6) is -0.262. The maximum atomic E-state index is 13.2. The fraction of sp³-hybridized carbons (Fsp3) is 0.348. The molecule has 1 N–H and O–H groups in total. The summed E-state index contributed by atoms with van der Waals surface area (Å²) < 4.78 is 39.1. The number of nitrogens with one attached hydrogen (secondary N) is 1. The number of aromatic nitrogens is 2. The van der Waals surface area contributed by atoms with E-state index in [2.05, 4.69) is 9.97 Å². The predicted octanol–water partition coefficient (Wildman–Crippen LogP) is 4.24. The average molecular weight is 442 g/mol. The quantitative estimate of drug-likeness (QED) is 0.646.